The van der Waals surface area contributed by atoms with E-state index < -0.39 is 6.09 Å². The predicted octanol–water partition coefficient (Wildman–Crippen LogP) is 1.07. The van der Waals surface area contributed by atoms with Crippen LogP contribution >= 0.6 is 0 Å². The highest BCUT2D eigenvalue weighted by Gasteiger charge is 2.34. The van der Waals surface area contributed by atoms with E-state index in [1.54, 1.807) is 18.2 Å². The zero-order valence-electron chi connectivity index (χ0n) is 11.2. The largest absolute Gasteiger partial charge is 0.465 e. The van der Waals surface area contributed by atoms with Gasteiger partial charge in [-0.05, 0) is 18.2 Å². The molecule has 2 N–H and O–H groups in total. The van der Waals surface area contributed by atoms with Gasteiger partial charge in [-0.15, -0.1) is 0 Å². The minimum Gasteiger partial charge on any atom is -0.465 e. The molecule has 0 radical (unpaired) electrons. The van der Waals surface area contributed by atoms with Crippen molar-refractivity contribution in [3.63, 3.8) is 0 Å². The lowest BCUT2D eigenvalue weighted by molar-refractivity contribution is -0.116. The van der Waals surface area contributed by atoms with Crippen LogP contribution in [0.1, 0.15) is 12.0 Å². The molecule has 0 aromatic heterocycles. The van der Waals surface area contributed by atoms with Crippen LogP contribution in [0.2, 0.25) is 0 Å². The fraction of sp³-hybridized carbons (Fsp3) is 0.357. The predicted molar refractivity (Wildman–Crippen MR) is 75.1 cm³/mol. The molecule has 0 bridgehead atoms. The van der Waals surface area contributed by atoms with Crippen LogP contribution in [0.5, 0.6) is 0 Å². The Hall–Kier alpha value is -2.75. The summed E-state index contributed by atoms with van der Waals surface area (Å²) in [6, 6.07) is 7.00. The van der Waals surface area contributed by atoms with Crippen LogP contribution in [-0.4, -0.2) is 47.7 Å². The molecule has 1 saturated heterocycles. The molecule has 1 aromatic carbocycles. The molecule has 7 heteroatoms. The van der Waals surface area contributed by atoms with E-state index in [2.05, 4.69) is 11.4 Å². The number of carbonyl (C=O) groups excluding carboxylic acids is 1. The number of hydrogen-bond donors (Lipinski definition) is 2. The molecule has 0 saturated carbocycles. The second kappa shape index (κ2) is 4.98. The third-order valence-electron chi connectivity index (χ3n) is 3.88. The summed E-state index contributed by atoms with van der Waals surface area (Å²) >= 11 is 0. The third-order valence-corrected chi connectivity index (χ3v) is 3.88. The second-order valence-corrected chi connectivity index (χ2v) is 5.17. The Morgan fingerprint density at radius 3 is 2.95 bits per heavy atom. The van der Waals surface area contributed by atoms with Gasteiger partial charge in [0.2, 0.25) is 5.91 Å². The first kappa shape index (κ1) is 13.2. The molecule has 2 aliphatic rings. The number of nitrogens with zero attached hydrogens (tertiary/aromatic N) is 3. The number of nitrogens with one attached hydrogen (secondary N) is 1. The van der Waals surface area contributed by atoms with Gasteiger partial charge in [-0.2, -0.15) is 5.26 Å². The molecule has 2 amide bonds. The van der Waals surface area contributed by atoms with Crippen molar-refractivity contribution in [2.75, 3.05) is 29.9 Å². The van der Waals surface area contributed by atoms with Gasteiger partial charge in [0, 0.05) is 26.1 Å². The maximum absolute atomic E-state index is 12.0. The topological polar surface area (TPSA) is 96.7 Å². The minimum absolute atomic E-state index is 0.138. The molecule has 0 aliphatic carbocycles. The lowest BCUT2D eigenvalue weighted by Crippen LogP contribution is -2.54. The van der Waals surface area contributed by atoms with Gasteiger partial charge in [0.15, 0.2) is 0 Å². The van der Waals surface area contributed by atoms with Crippen LogP contribution in [0.25, 0.3) is 0 Å². The zero-order chi connectivity index (χ0) is 15.0. The standard InChI is InChI=1S/C14H14N4O3/c15-7-9-1-2-11-12(5-9)18-4-3-17(14(20)21)8-10(18)6-13(19)16-11/h1-2,5,10H,3-4,6,8H2,(H,16,19)(H,20,21). The Kier molecular flexibility index (Phi) is 3.14. The summed E-state index contributed by atoms with van der Waals surface area (Å²) in [6.07, 6.45) is -0.731. The molecular formula is C14H14N4O3. The van der Waals surface area contributed by atoms with E-state index in [0.717, 1.165) is 5.69 Å². The first-order valence-electron chi connectivity index (χ1n) is 6.67. The van der Waals surface area contributed by atoms with Gasteiger partial charge in [-0.25, -0.2) is 4.79 Å². The molecule has 1 aromatic rings. The van der Waals surface area contributed by atoms with E-state index in [-0.39, 0.29) is 18.4 Å². The number of benzene rings is 1. The van der Waals surface area contributed by atoms with Crippen molar-refractivity contribution in [2.24, 2.45) is 0 Å². The van der Waals surface area contributed by atoms with Crippen molar-refractivity contribution >= 4 is 23.4 Å². The number of carboxylic acid groups (broad SMARTS) is 1. The fourth-order valence-corrected chi connectivity index (χ4v) is 2.88. The lowest BCUT2D eigenvalue weighted by atomic mass is 10.1. The Morgan fingerprint density at radius 1 is 1.43 bits per heavy atom. The lowest BCUT2D eigenvalue weighted by Gasteiger charge is -2.40. The van der Waals surface area contributed by atoms with Gasteiger partial charge in [-0.1, -0.05) is 0 Å². The van der Waals surface area contributed by atoms with Crippen molar-refractivity contribution in [2.45, 2.75) is 12.5 Å². The van der Waals surface area contributed by atoms with Crippen molar-refractivity contribution in [3.8, 4) is 6.07 Å². The molecule has 108 valence electrons. The molecule has 1 unspecified atom stereocenters. The summed E-state index contributed by atoms with van der Waals surface area (Å²) < 4.78 is 0. The molecule has 7 nitrogen and oxygen atoms in total. The van der Waals surface area contributed by atoms with Gasteiger partial charge in [-0.3, -0.25) is 4.79 Å². The highest BCUT2D eigenvalue weighted by atomic mass is 16.4. The minimum atomic E-state index is -0.967. The van der Waals surface area contributed by atoms with E-state index in [1.165, 1.54) is 4.90 Å². The maximum atomic E-state index is 12.0. The van der Waals surface area contributed by atoms with E-state index in [9.17, 15) is 9.59 Å². The summed E-state index contributed by atoms with van der Waals surface area (Å²) in [7, 11) is 0. The number of hydrogen-bond acceptors (Lipinski definition) is 4. The van der Waals surface area contributed by atoms with Crippen LogP contribution in [0.4, 0.5) is 16.2 Å². The molecule has 1 fully saturated rings. The van der Waals surface area contributed by atoms with Crippen LogP contribution in [0, 0.1) is 11.3 Å². The number of anilines is 2. The number of nitriles is 1. The van der Waals surface area contributed by atoms with E-state index in [0.29, 0.717) is 30.9 Å². The van der Waals surface area contributed by atoms with Crippen molar-refractivity contribution < 1.29 is 14.7 Å². The second-order valence-electron chi connectivity index (χ2n) is 5.17. The quantitative estimate of drug-likeness (QED) is 0.743. The summed E-state index contributed by atoms with van der Waals surface area (Å²) in [5.41, 5.74) is 1.98. The summed E-state index contributed by atoms with van der Waals surface area (Å²) in [6.45, 7) is 1.18. The molecule has 1 atom stereocenters. The van der Waals surface area contributed by atoms with E-state index >= 15 is 0 Å². The highest BCUT2D eigenvalue weighted by Crippen LogP contribution is 2.33. The summed E-state index contributed by atoms with van der Waals surface area (Å²) in [5.74, 6) is -0.138. The number of piperazine rings is 1. The average Bonchev–Trinajstić information content (AvgIpc) is 2.60. The monoisotopic (exact) mass is 286 g/mol. The van der Waals surface area contributed by atoms with Gasteiger partial charge in [0.25, 0.3) is 0 Å². The SMILES string of the molecule is N#Cc1ccc2c(c1)N1CCN(C(=O)O)CC1CC(=O)N2. The number of rotatable bonds is 0. The van der Waals surface area contributed by atoms with Crippen molar-refractivity contribution in [1.82, 2.24) is 4.90 Å². The van der Waals surface area contributed by atoms with E-state index in [1.807, 2.05) is 4.90 Å². The molecule has 3 rings (SSSR count). The Morgan fingerprint density at radius 2 is 2.24 bits per heavy atom. The van der Waals surface area contributed by atoms with Crippen molar-refractivity contribution in [1.29, 1.82) is 5.26 Å². The van der Waals surface area contributed by atoms with Crippen LogP contribution in [0.3, 0.4) is 0 Å². The van der Waals surface area contributed by atoms with Crippen LogP contribution in [0.15, 0.2) is 18.2 Å². The van der Waals surface area contributed by atoms with Crippen molar-refractivity contribution in [3.05, 3.63) is 23.8 Å². The van der Waals surface area contributed by atoms with Gasteiger partial charge < -0.3 is 20.2 Å². The Labute approximate surface area is 121 Å². The maximum Gasteiger partial charge on any atom is 0.407 e. The summed E-state index contributed by atoms with van der Waals surface area (Å²) in [4.78, 5) is 26.4. The third kappa shape index (κ3) is 2.36. The normalized spacial score (nSPS) is 20.7. The number of fused-ring (bicyclic) bond motifs is 3. The molecule has 21 heavy (non-hydrogen) atoms. The fourth-order valence-electron chi connectivity index (χ4n) is 2.88. The first-order valence-corrected chi connectivity index (χ1v) is 6.67. The zero-order valence-corrected chi connectivity index (χ0v) is 11.2. The molecule has 0 spiro atoms. The Balaban J connectivity index is 1.99. The smallest absolute Gasteiger partial charge is 0.407 e. The van der Waals surface area contributed by atoms with E-state index in [4.69, 9.17) is 10.4 Å². The van der Waals surface area contributed by atoms with Gasteiger partial charge >= 0.3 is 6.09 Å². The van der Waals surface area contributed by atoms with Crippen LogP contribution < -0.4 is 10.2 Å². The first-order chi connectivity index (χ1) is 10.1. The number of carbonyl (C=O) groups is 2. The number of amides is 2. The highest BCUT2D eigenvalue weighted by molar-refractivity contribution is 5.97. The van der Waals surface area contributed by atoms with Crippen LogP contribution in [-0.2, 0) is 4.79 Å². The Bertz CT molecular complexity index is 652. The molecule has 2 aliphatic heterocycles. The molecule has 2 heterocycles. The van der Waals surface area contributed by atoms with Gasteiger partial charge in [0.1, 0.15) is 0 Å². The average molecular weight is 286 g/mol. The summed E-state index contributed by atoms with van der Waals surface area (Å²) in [5, 5.41) is 21.0. The van der Waals surface area contributed by atoms with Gasteiger partial charge in [0.05, 0.1) is 29.0 Å². The molecular weight excluding hydrogens is 272 g/mol.